The second-order valence-electron chi connectivity index (χ2n) is 8.73. The monoisotopic (exact) mass is 398 g/mol. The van der Waals surface area contributed by atoms with Gasteiger partial charge in [-0.1, -0.05) is 18.2 Å². The number of hydrogen-bond donors (Lipinski definition) is 1. The zero-order valence-corrected chi connectivity index (χ0v) is 17.7. The summed E-state index contributed by atoms with van der Waals surface area (Å²) >= 11 is 0. The second kappa shape index (κ2) is 8.25. The van der Waals surface area contributed by atoms with Gasteiger partial charge in [-0.25, -0.2) is 0 Å². The van der Waals surface area contributed by atoms with Crippen LogP contribution < -0.4 is 19.5 Å². The van der Waals surface area contributed by atoms with Gasteiger partial charge in [-0.15, -0.1) is 0 Å². The van der Waals surface area contributed by atoms with Gasteiger partial charge in [0, 0.05) is 29.6 Å². The van der Waals surface area contributed by atoms with Gasteiger partial charge < -0.3 is 24.3 Å². The Morgan fingerprint density at radius 1 is 1.07 bits per heavy atom. The first-order chi connectivity index (χ1) is 14.0. The van der Waals surface area contributed by atoms with Crippen molar-refractivity contribution in [2.24, 2.45) is 0 Å². The summed E-state index contributed by atoms with van der Waals surface area (Å²) in [5.41, 5.74) is 2.51. The minimum Gasteiger partial charge on any atom is -0.496 e. The molecule has 2 aromatic carbocycles. The molecule has 2 aliphatic rings. The lowest BCUT2D eigenvalue weighted by Crippen LogP contribution is -2.83. The molecule has 0 aromatic heterocycles. The summed E-state index contributed by atoms with van der Waals surface area (Å²) < 4.78 is 22.7. The lowest BCUT2D eigenvalue weighted by atomic mass is 9.67. The molecular formula is C24H32NO4+. The number of methoxy groups -OCH3 is 1. The van der Waals surface area contributed by atoms with E-state index >= 15 is 0 Å². The number of rotatable bonds is 7. The Labute approximate surface area is 173 Å². The average Bonchev–Trinajstić information content (AvgIpc) is 3.18. The molecule has 0 aliphatic carbocycles. The predicted molar refractivity (Wildman–Crippen MR) is 112 cm³/mol. The first-order valence-corrected chi connectivity index (χ1v) is 10.5. The molecule has 156 valence electrons. The molecule has 5 nitrogen and oxygen atoms in total. The Hall–Kier alpha value is -2.24. The first kappa shape index (κ1) is 20.0. The third-order valence-electron chi connectivity index (χ3n) is 6.16. The summed E-state index contributed by atoms with van der Waals surface area (Å²) in [6.45, 7) is 7.48. The molecule has 1 saturated heterocycles. The number of quaternary nitrogens is 1. The summed E-state index contributed by atoms with van der Waals surface area (Å²) in [4.78, 5) is 0. The van der Waals surface area contributed by atoms with Gasteiger partial charge in [0.25, 0.3) is 0 Å². The fourth-order valence-corrected chi connectivity index (χ4v) is 4.85. The van der Waals surface area contributed by atoms with Crippen molar-refractivity contribution in [3.05, 3.63) is 53.6 Å². The van der Waals surface area contributed by atoms with Crippen LogP contribution >= 0.6 is 0 Å². The van der Waals surface area contributed by atoms with E-state index in [1.807, 2.05) is 12.1 Å². The van der Waals surface area contributed by atoms with Crippen molar-refractivity contribution in [2.45, 2.75) is 50.7 Å². The lowest BCUT2D eigenvalue weighted by molar-refractivity contribution is -0.672. The lowest BCUT2D eigenvalue weighted by Gasteiger charge is -2.45. The summed E-state index contributed by atoms with van der Waals surface area (Å²) in [5.74, 6) is 2.68. The third kappa shape index (κ3) is 4.36. The van der Waals surface area contributed by atoms with E-state index in [4.69, 9.17) is 18.9 Å². The minimum absolute atomic E-state index is 0.0692. The number of hydrogen-bond acceptors (Lipinski definition) is 4. The number of benzene rings is 2. The first-order valence-electron chi connectivity index (χ1n) is 10.5. The van der Waals surface area contributed by atoms with Crippen molar-refractivity contribution in [1.82, 2.24) is 0 Å². The SMILES string of the molecule is COc1ccccc1[C@@]1(CC[NH2+]Cc2ccc3c(c2)OCO3)CCOC(C)(C)C1. The van der Waals surface area contributed by atoms with E-state index < -0.39 is 0 Å². The number of nitrogens with two attached hydrogens (primary N) is 1. The Morgan fingerprint density at radius 3 is 2.72 bits per heavy atom. The van der Waals surface area contributed by atoms with Crippen molar-refractivity contribution >= 4 is 0 Å². The van der Waals surface area contributed by atoms with E-state index in [2.05, 4.69) is 49.5 Å². The van der Waals surface area contributed by atoms with Crippen molar-refractivity contribution in [3.63, 3.8) is 0 Å². The zero-order valence-electron chi connectivity index (χ0n) is 17.7. The Kier molecular flexibility index (Phi) is 5.70. The van der Waals surface area contributed by atoms with Crippen LogP contribution in [-0.4, -0.2) is 32.7 Å². The standard InChI is InChI=1S/C24H31NO4/c1-23(2)16-24(11-13-29-23,19-6-4-5-7-20(19)26-3)10-12-25-15-18-8-9-21-22(14-18)28-17-27-21/h4-9,14,25H,10-13,15-17H2,1-3H3/p+1/t24-/m0/s1. The molecule has 0 spiro atoms. The number of para-hydroxylation sites is 1. The fraction of sp³-hybridized carbons (Fsp3) is 0.500. The van der Waals surface area contributed by atoms with E-state index in [9.17, 15) is 0 Å². The van der Waals surface area contributed by atoms with E-state index in [0.29, 0.717) is 6.79 Å². The highest BCUT2D eigenvalue weighted by atomic mass is 16.7. The highest BCUT2D eigenvalue weighted by Gasteiger charge is 2.43. The molecule has 0 unspecified atom stereocenters. The minimum atomic E-state index is -0.129. The normalized spacial score (nSPS) is 22.4. The van der Waals surface area contributed by atoms with Gasteiger partial charge in [-0.05, 0) is 51.0 Å². The van der Waals surface area contributed by atoms with Gasteiger partial charge >= 0.3 is 0 Å². The van der Waals surface area contributed by atoms with Crippen LogP contribution in [0.3, 0.4) is 0 Å². The molecule has 2 heterocycles. The fourth-order valence-electron chi connectivity index (χ4n) is 4.85. The maximum atomic E-state index is 6.06. The molecule has 1 atom stereocenters. The molecule has 0 saturated carbocycles. The predicted octanol–water partition coefficient (Wildman–Crippen LogP) is 3.40. The molecule has 2 aromatic rings. The Bertz CT molecular complexity index is 851. The quantitative estimate of drug-likeness (QED) is 0.727. The van der Waals surface area contributed by atoms with Crippen LogP contribution in [0.1, 0.15) is 44.2 Å². The van der Waals surface area contributed by atoms with Crippen molar-refractivity contribution in [3.8, 4) is 17.2 Å². The third-order valence-corrected chi connectivity index (χ3v) is 6.16. The highest BCUT2D eigenvalue weighted by Crippen LogP contribution is 2.46. The molecule has 1 fully saturated rings. The highest BCUT2D eigenvalue weighted by molar-refractivity contribution is 5.44. The van der Waals surface area contributed by atoms with E-state index in [1.165, 1.54) is 11.1 Å². The van der Waals surface area contributed by atoms with Gasteiger partial charge in [-0.3, -0.25) is 0 Å². The maximum Gasteiger partial charge on any atom is 0.231 e. The summed E-state index contributed by atoms with van der Waals surface area (Å²) in [7, 11) is 1.77. The van der Waals surface area contributed by atoms with Crippen molar-refractivity contribution < 1.29 is 24.3 Å². The second-order valence-corrected chi connectivity index (χ2v) is 8.73. The molecule has 4 rings (SSSR count). The van der Waals surface area contributed by atoms with E-state index in [1.54, 1.807) is 7.11 Å². The van der Waals surface area contributed by atoms with Crippen molar-refractivity contribution in [1.29, 1.82) is 0 Å². The van der Waals surface area contributed by atoms with Gasteiger partial charge in [0.15, 0.2) is 11.5 Å². The van der Waals surface area contributed by atoms with Gasteiger partial charge in [0.1, 0.15) is 12.3 Å². The largest absolute Gasteiger partial charge is 0.496 e. The summed E-state index contributed by atoms with van der Waals surface area (Å²) in [6, 6.07) is 14.7. The Morgan fingerprint density at radius 2 is 1.90 bits per heavy atom. The van der Waals surface area contributed by atoms with Crippen molar-refractivity contribution in [2.75, 3.05) is 27.1 Å². The van der Waals surface area contributed by atoms with Crippen LogP contribution in [0.5, 0.6) is 17.2 Å². The van der Waals surface area contributed by atoms with Gasteiger partial charge in [0.05, 0.1) is 19.3 Å². The molecule has 2 N–H and O–H groups in total. The van der Waals surface area contributed by atoms with Gasteiger partial charge in [-0.2, -0.15) is 0 Å². The molecular weight excluding hydrogens is 366 g/mol. The molecule has 0 bridgehead atoms. The van der Waals surface area contributed by atoms with Crippen LogP contribution in [0, 0.1) is 0 Å². The zero-order chi connectivity index (χ0) is 20.3. The number of fused-ring (bicyclic) bond motifs is 1. The van der Waals surface area contributed by atoms with Crippen LogP contribution in [0.25, 0.3) is 0 Å². The maximum absolute atomic E-state index is 6.06. The Balaban J connectivity index is 1.46. The summed E-state index contributed by atoms with van der Waals surface area (Å²) in [5, 5.41) is 2.39. The van der Waals surface area contributed by atoms with Crippen LogP contribution in [-0.2, 0) is 16.7 Å². The molecule has 2 aliphatic heterocycles. The number of ether oxygens (including phenoxy) is 4. The van der Waals surface area contributed by atoms with E-state index in [-0.39, 0.29) is 11.0 Å². The van der Waals surface area contributed by atoms with Gasteiger partial charge in [0.2, 0.25) is 6.79 Å². The average molecular weight is 399 g/mol. The van der Waals surface area contributed by atoms with Crippen LogP contribution in [0.2, 0.25) is 0 Å². The molecule has 29 heavy (non-hydrogen) atoms. The smallest absolute Gasteiger partial charge is 0.231 e. The molecule has 0 radical (unpaired) electrons. The van der Waals surface area contributed by atoms with Crippen LogP contribution in [0.15, 0.2) is 42.5 Å². The van der Waals surface area contributed by atoms with E-state index in [0.717, 1.165) is 56.2 Å². The molecule has 5 heteroatoms. The summed E-state index contributed by atoms with van der Waals surface area (Å²) in [6.07, 6.45) is 3.11. The van der Waals surface area contributed by atoms with Crippen LogP contribution in [0.4, 0.5) is 0 Å². The molecule has 0 amide bonds. The topological polar surface area (TPSA) is 53.5 Å².